The first-order valence-electron chi connectivity index (χ1n) is 10.7. The molecule has 0 heterocycles. The molecule has 0 saturated carbocycles. The van der Waals surface area contributed by atoms with E-state index in [0.29, 0.717) is 12.4 Å². The molecule has 0 amide bonds. The summed E-state index contributed by atoms with van der Waals surface area (Å²) in [5.41, 5.74) is 0. The second-order valence-electron chi connectivity index (χ2n) is 6.59. The second kappa shape index (κ2) is 22.1. The first kappa shape index (κ1) is 25.0. The van der Waals surface area contributed by atoms with E-state index in [4.69, 9.17) is 9.84 Å². The Kier molecular flexibility index (Phi) is 20.5. The van der Waals surface area contributed by atoms with E-state index >= 15 is 0 Å². The summed E-state index contributed by atoms with van der Waals surface area (Å²) in [6, 6.07) is 0. The van der Waals surface area contributed by atoms with Gasteiger partial charge in [-0.2, -0.15) is 0 Å². The van der Waals surface area contributed by atoms with Crippen molar-refractivity contribution in [3.8, 4) is 0 Å². The Morgan fingerprint density at radius 2 is 1.22 bits per heavy atom. The Morgan fingerprint density at radius 1 is 0.667 bits per heavy atom. The van der Waals surface area contributed by atoms with Gasteiger partial charge in [0.05, 0.1) is 6.61 Å². The fourth-order valence-corrected chi connectivity index (χ4v) is 2.45. The molecule has 0 aliphatic rings. The molecule has 1 N–H and O–H groups in total. The number of hydrogen-bond acceptors (Lipinski definition) is 2. The van der Waals surface area contributed by atoms with Gasteiger partial charge in [-0.3, -0.25) is 0 Å². The molecule has 2 heteroatoms. The lowest BCUT2D eigenvalue weighted by Gasteiger charge is -2.01. The largest absolute Gasteiger partial charge is 0.512 e. The van der Waals surface area contributed by atoms with Gasteiger partial charge in [0.1, 0.15) is 6.26 Å². The lowest BCUT2D eigenvalue weighted by atomic mass is 10.1. The molecule has 0 aliphatic heterocycles. The number of hydrogen-bond donors (Lipinski definition) is 1. The Labute approximate surface area is 167 Å². The first-order valence-corrected chi connectivity index (χ1v) is 10.7. The van der Waals surface area contributed by atoms with Gasteiger partial charge in [0.2, 0.25) is 0 Å². The maximum absolute atomic E-state index is 9.00. The number of ether oxygens (including phenoxy) is 1. The molecule has 0 saturated heterocycles. The molecule has 0 unspecified atom stereocenters. The summed E-state index contributed by atoms with van der Waals surface area (Å²) in [5, 5.41) is 9.00. The summed E-state index contributed by atoms with van der Waals surface area (Å²) < 4.78 is 5.33. The molecule has 0 radical (unpaired) electrons. The zero-order chi connectivity index (χ0) is 19.8. The van der Waals surface area contributed by atoms with Crippen molar-refractivity contribution in [1.29, 1.82) is 0 Å². The van der Waals surface area contributed by atoms with Crippen LogP contribution in [0.15, 0.2) is 72.8 Å². The maximum atomic E-state index is 9.00. The van der Waals surface area contributed by atoms with E-state index in [1.54, 1.807) is 6.08 Å². The fourth-order valence-electron chi connectivity index (χ4n) is 2.45. The molecule has 0 bridgehead atoms. The van der Waals surface area contributed by atoms with Crippen molar-refractivity contribution in [2.45, 2.75) is 78.1 Å². The Hall–Kier alpha value is -1.96. The summed E-state index contributed by atoms with van der Waals surface area (Å²) in [6.07, 6.45) is 34.0. The van der Waals surface area contributed by atoms with Gasteiger partial charge in [-0.1, -0.05) is 113 Å². The van der Waals surface area contributed by atoms with Crippen molar-refractivity contribution < 1.29 is 9.84 Å². The van der Waals surface area contributed by atoms with Crippen LogP contribution in [0.3, 0.4) is 0 Å². The van der Waals surface area contributed by atoms with Crippen LogP contribution in [-0.4, -0.2) is 11.7 Å². The molecule has 152 valence electrons. The molecule has 0 aromatic carbocycles. The third-order valence-electron chi connectivity index (χ3n) is 4.00. The Balaban J connectivity index is 3.67. The molecule has 0 aliphatic carbocycles. The predicted octanol–water partition coefficient (Wildman–Crippen LogP) is 8.12. The molecular formula is C25H40O2. The molecular weight excluding hydrogens is 332 g/mol. The number of unbranched alkanes of at least 4 members (excludes halogenated alkanes) is 8. The van der Waals surface area contributed by atoms with Crippen LogP contribution >= 0.6 is 0 Å². The van der Waals surface area contributed by atoms with Crippen LogP contribution in [0.2, 0.25) is 0 Å². The van der Waals surface area contributed by atoms with Gasteiger partial charge in [0.15, 0.2) is 5.76 Å². The van der Waals surface area contributed by atoms with Gasteiger partial charge in [0, 0.05) is 0 Å². The van der Waals surface area contributed by atoms with Crippen molar-refractivity contribution >= 4 is 0 Å². The van der Waals surface area contributed by atoms with Crippen molar-refractivity contribution in [3.05, 3.63) is 72.8 Å². The predicted molar refractivity (Wildman–Crippen MR) is 120 cm³/mol. The van der Waals surface area contributed by atoms with Gasteiger partial charge in [0.25, 0.3) is 0 Å². The molecule has 0 rings (SSSR count). The van der Waals surface area contributed by atoms with Crippen molar-refractivity contribution in [2.75, 3.05) is 6.61 Å². The summed E-state index contributed by atoms with van der Waals surface area (Å²) in [4.78, 5) is 0. The minimum atomic E-state index is 0.479. The minimum absolute atomic E-state index is 0.479. The quantitative estimate of drug-likeness (QED) is 0.159. The van der Waals surface area contributed by atoms with Crippen molar-refractivity contribution in [1.82, 2.24) is 0 Å². The topological polar surface area (TPSA) is 29.5 Å². The van der Waals surface area contributed by atoms with E-state index in [9.17, 15) is 0 Å². The van der Waals surface area contributed by atoms with Crippen LogP contribution in [0.25, 0.3) is 0 Å². The molecule has 0 aromatic heterocycles. The van der Waals surface area contributed by atoms with E-state index in [-0.39, 0.29) is 0 Å². The van der Waals surface area contributed by atoms with Crippen LogP contribution in [0.5, 0.6) is 0 Å². The standard InChI is InChI=1S/C25H40O2/c1-3-5-6-7-8-9-10-11-12-13-14-15-16-17-18-19-20-21-22-25(24-26)27-23-4-2/h13-22,24,26H,3-12,23H2,1-2H3/b14-13+,16-15-,18-17-,20-19+,22-21+,25-24-. The van der Waals surface area contributed by atoms with Crippen molar-refractivity contribution in [2.24, 2.45) is 0 Å². The molecule has 27 heavy (non-hydrogen) atoms. The van der Waals surface area contributed by atoms with Crippen LogP contribution in [0, 0.1) is 0 Å². The van der Waals surface area contributed by atoms with Gasteiger partial charge < -0.3 is 9.84 Å². The van der Waals surface area contributed by atoms with Crippen LogP contribution < -0.4 is 0 Å². The van der Waals surface area contributed by atoms with Gasteiger partial charge in [-0.25, -0.2) is 0 Å². The van der Waals surface area contributed by atoms with E-state index in [1.165, 1.54) is 57.8 Å². The smallest absolute Gasteiger partial charge is 0.153 e. The Morgan fingerprint density at radius 3 is 1.81 bits per heavy atom. The highest BCUT2D eigenvalue weighted by molar-refractivity contribution is 5.20. The van der Waals surface area contributed by atoms with E-state index in [2.05, 4.69) is 25.2 Å². The SMILES string of the molecule is CCCCCCCCCC/C=C/C=C\C=C/C=C/C=C/C(=C/O)OCCC. The lowest BCUT2D eigenvalue weighted by molar-refractivity contribution is 0.213. The average molecular weight is 373 g/mol. The molecule has 0 aromatic rings. The van der Waals surface area contributed by atoms with E-state index in [0.717, 1.165) is 12.7 Å². The van der Waals surface area contributed by atoms with Crippen molar-refractivity contribution in [3.63, 3.8) is 0 Å². The zero-order valence-electron chi connectivity index (χ0n) is 17.5. The lowest BCUT2D eigenvalue weighted by Crippen LogP contribution is -1.90. The number of allylic oxidation sites excluding steroid dienone is 10. The summed E-state index contributed by atoms with van der Waals surface area (Å²) >= 11 is 0. The minimum Gasteiger partial charge on any atom is -0.512 e. The molecule has 0 atom stereocenters. The highest BCUT2D eigenvalue weighted by Gasteiger charge is 1.90. The first-order chi connectivity index (χ1) is 13.3. The number of aliphatic hydroxyl groups is 1. The highest BCUT2D eigenvalue weighted by Crippen LogP contribution is 2.09. The fraction of sp³-hybridized carbons (Fsp3) is 0.520. The van der Waals surface area contributed by atoms with Crippen LogP contribution in [0.4, 0.5) is 0 Å². The third-order valence-corrected chi connectivity index (χ3v) is 4.00. The van der Waals surface area contributed by atoms with Gasteiger partial charge >= 0.3 is 0 Å². The van der Waals surface area contributed by atoms with Crippen LogP contribution in [0.1, 0.15) is 78.1 Å². The normalized spacial score (nSPS) is 13.3. The zero-order valence-corrected chi connectivity index (χ0v) is 17.5. The average Bonchev–Trinajstić information content (AvgIpc) is 2.69. The van der Waals surface area contributed by atoms with Gasteiger partial charge in [-0.05, 0) is 25.3 Å². The summed E-state index contributed by atoms with van der Waals surface area (Å²) in [5.74, 6) is 0.479. The maximum Gasteiger partial charge on any atom is 0.153 e. The Bertz CT molecular complexity index is 479. The second-order valence-corrected chi connectivity index (χ2v) is 6.59. The van der Waals surface area contributed by atoms with Gasteiger partial charge in [-0.15, -0.1) is 0 Å². The highest BCUT2D eigenvalue weighted by atomic mass is 16.5. The molecule has 0 spiro atoms. The van der Waals surface area contributed by atoms with E-state index in [1.807, 2.05) is 43.4 Å². The summed E-state index contributed by atoms with van der Waals surface area (Å²) in [7, 11) is 0. The summed E-state index contributed by atoms with van der Waals surface area (Å²) in [6.45, 7) is 4.91. The number of rotatable bonds is 17. The number of aliphatic hydroxyl groups excluding tert-OH is 1. The molecule has 0 fully saturated rings. The van der Waals surface area contributed by atoms with Crippen LogP contribution in [-0.2, 0) is 4.74 Å². The monoisotopic (exact) mass is 372 g/mol. The van der Waals surface area contributed by atoms with E-state index < -0.39 is 0 Å². The third kappa shape index (κ3) is 20.2. The molecule has 2 nitrogen and oxygen atoms in total.